The molecule has 7 heteroatoms. The highest BCUT2D eigenvalue weighted by molar-refractivity contribution is 7.90. The molecule has 0 bridgehead atoms. The van der Waals surface area contributed by atoms with E-state index in [1.165, 1.54) is 17.7 Å². The summed E-state index contributed by atoms with van der Waals surface area (Å²) in [5.74, 6) is -0.735. The van der Waals surface area contributed by atoms with Crippen LogP contribution in [0.3, 0.4) is 0 Å². The molecule has 2 amide bonds. The van der Waals surface area contributed by atoms with E-state index in [0.717, 1.165) is 23.6 Å². The third-order valence-corrected chi connectivity index (χ3v) is 6.57. The van der Waals surface area contributed by atoms with Crippen LogP contribution in [0.2, 0.25) is 0 Å². The maximum atomic E-state index is 12.5. The minimum Gasteiger partial charge on any atom is -0.326 e. The molecule has 2 aromatic carbocycles. The second kappa shape index (κ2) is 8.56. The molecule has 0 aliphatic carbocycles. The number of fused-ring (bicyclic) bond motifs is 1. The molecule has 2 aromatic rings. The van der Waals surface area contributed by atoms with Gasteiger partial charge in [0.1, 0.15) is 4.90 Å². The van der Waals surface area contributed by atoms with Gasteiger partial charge in [0.15, 0.2) is 0 Å². The average Bonchev–Trinajstić information content (AvgIpc) is 2.88. The van der Waals surface area contributed by atoms with Crippen molar-refractivity contribution in [3.05, 3.63) is 59.7 Å². The maximum Gasteiger partial charge on any atom is 0.269 e. The zero-order valence-corrected chi connectivity index (χ0v) is 16.7. The Balaban J connectivity index is 1.51. The van der Waals surface area contributed by atoms with Crippen molar-refractivity contribution < 1.29 is 18.0 Å². The van der Waals surface area contributed by atoms with Crippen LogP contribution in [0.15, 0.2) is 53.4 Å². The summed E-state index contributed by atoms with van der Waals surface area (Å²) in [4.78, 5) is 24.5. The van der Waals surface area contributed by atoms with Crippen molar-refractivity contribution in [2.24, 2.45) is 0 Å². The van der Waals surface area contributed by atoms with Gasteiger partial charge in [-0.2, -0.15) is 0 Å². The summed E-state index contributed by atoms with van der Waals surface area (Å²) in [7, 11) is -3.81. The molecule has 0 aromatic heterocycles. The number of benzene rings is 2. The monoisotopic (exact) mass is 400 g/mol. The van der Waals surface area contributed by atoms with Crippen molar-refractivity contribution in [2.45, 2.75) is 43.9 Å². The molecule has 0 unspecified atom stereocenters. The Hall–Kier alpha value is -2.67. The average molecular weight is 400 g/mol. The maximum absolute atomic E-state index is 12.5. The molecule has 0 fully saturated rings. The zero-order valence-electron chi connectivity index (χ0n) is 15.8. The van der Waals surface area contributed by atoms with E-state index in [0.29, 0.717) is 5.69 Å². The van der Waals surface area contributed by atoms with Crippen LogP contribution >= 0.6 is 0 Å². The van der Waals surface area contributed by atoms with Gasteiger partial charge in [0, 0.05) is 18.7 Å². The molecule has 28 heavy (non-hydrogen) atoms. The number of rotatable bonds is 8. The first-order chi connectivity index (χ1) is 13.4. The van der Waals surface area contributed by atoms with Gasteiger partial charge >= 0.3 is 0 Å². The van der Waals surface area contributed by atoms with E-state index in [1.807, 2.05) is 24.3 Å². The van der Waals surface area contributed by atoms with Crippen LogP contribution in [0.1, 0.15) is 48.5 Å². The lowest BCUT2D eigenvalue weighted by Crippen LogP contribution is -2.31. The Morgan fingerprint density at radius 2 is 1.75 bits per heavy atom. The molecule has 0 saturated carbocycles. The number of unbranched alkanes of at least 4 members (excludes halogenated alkanes) is 1. The highest BCUT2D eigenvalue weighted by atomic mass is 32.2. The van der Waals surface area contributed by atoms with Crippen LogP contribution in [0, 0.1) is 0 Å². The fraction of sp³-hybridized carbons (Fsp3) is 0.333. The van der Waals surface area contributed by atoms with Crippen molar-refractivity contribution in [1.82, 2.24) is 4.31 Å². The van der Waals surface area contributed by atoms with Crippen molar-refractivity contribution >= 4 is 27.5 Å². The van der Waals surface area contributed by atoms with Gasteiger partial charge in [-0.1, -0.05) is 37.6 Å². The number of anilines is 1. The number of nitrogens with zero attached hydrogens (tertiary/aromatic N) is 1. The second-order valence-electron chi connectivity index (χ2n) is 6.83. The quantitative estimate of drug-likeness (QED) is 0.734. The summed E-state index contributed by atoms with van der Waals surface area (Å²) < 4.78 is 25.8. The lowest BCUT2D eigenvalue weighted by molar-refractivity contribution is -0.116. The van der Waals surface area contributed by atoms with Crippen molar-refractivity contribution in [2.75, 3.05) is 11.9 Å². The summed E-state index contributed by atoms with van der Waals surface area (Å²) in [6.07, 6.45) is 3.69. The first-order valence-corrected chi connectivity index (χ1v) is 10.9. The molecule has 1 heterocycles. The normalized spacial score (nSPS) is 14.8. The summed E-state index contributed by atoms with van der Waals surface area (Å²) >= 11 is 0. The molecule has 148 valence electrons. The number of aryl methyl sites for hydroxylation is 1. The predicted molar refractivity (Wildman–Crippen MR) is 108 cm³/mol. The second-order valence-corrected chi connectivity index (χ2v) is 8.66. The molecule has 1 aliphatic rings. The summed E-state index contributed by atoms with van der Waals surface area (Å²) in [6.45, 7) is 2.13. The van der Waals surface area contributed by atoms with Gasteiger partial charge in [-0.15, -0.1) is 0 Å². The number of amides is 2. The smallest absolute Gasteiger partial charge is 0.269 e. The number of hydrogen-bond donors (Lipinski definition) is 1. The molecule has 1 aliphatic heterocycles. The van der Waals surface area contributed by atoms with Crippen LogP contribution in [0.25, 0.3) is 0 Å². The van der Waals surface area contributed by atoms with Crippen molar-refractivity contribution in [3.8, 4) is 0 Å². The molecule has 1 N–H and O–H groups in total. The number of sulfonamides is 1. The number of hydrogen-bond acceptors (Lipinski definition) is 4. The fourth-order valence-corrected chi connectivity index (χ4v) is 4.80. The van der Waals surface area contributed by atoms with E-state index in [4.69, 9.17) is 0 Å². The minimum atomic E-state index is -3.81. The largest absolute Gasteiger partial charge is 0.326 e. The van der Waals surface area contributed by atoms with Gasteiger partial charge in [0.25, 0.3) is 15.9 Å². The number of carbonyl (C=O) groups is 2. The summed E-state index contributed by atoms with van der Waals surface area (Å²) in [6, 6.07) is 13.9. The Bertz CT molecular complexity index is 968. The Morgan fingerprint density at radius 3 is 2.43 bits per heavy atom. The molecular formula is C21H24N2O4S. The standard InChI is InChI=1S/C21H24N2O4S/c1-2-3-7-16-11-13-17(14-12-16)22-20(24)10-6-15-23-21(25)18-8-4-5-9-19(18)28(23,26)27/h4-5,8-9,11-14H,2-3,6-7,10,15H2,1H3,(H,22,24). The Labute approximate surface area is 165 Å². The van der Waals surface area contributed by atoms with Crippen LogP contribution in [0.4, 0.5) is 5.69 Å². The number of nitrogens with one attached hydrogen (secondary N) is 1. The van der Waals surface area contributed by atoms with Crippen LogP contribution in [-0.2, 0) is 21.2 Å². The highest BCUT2D eigenvalue weighted by Gasteiger charge is 2.40. The van der Waals surface area contributed by atoms with Gasteiger partial charge < -0.3 is 5.32 Å². The molecule has 0 radical (unpaired) electrons. The lowest BCUT2D eigenvalue weighted by Gasteiger charge is -2.14. The highest BCUT2D eigenvalue weighted by Crippen LogP contribution is 2.30. The van der Waals surface area contributed by atoms with Crippen molar-refractivity contribution in [1.29, 1.82) is 0 Å². The molecule has 6 nitrogen and oxygen atoms in total. The molecular weight excluding hydrogens is 376 g/mol. The lowest BCUT2D eigenvalue weighted by atomic mass is 10.1. The van der Waals surface area contributed by atoms with Gasteiger partial charge in [-0.05, 0) is 49.1 Å². The number of carbonyl (C=O) groups excluding carboxylic acids is 2. The fourth-order valence-electron chi connectivity index (χ4n) is 3.19. The van der Waals surface area contributed by atoms with E-state index in [2.05, 4.69) is 12.2 Å². The van der Waals surface area contributed by atoms with Crippen LogP contribution in [0.5, 0.6) is 0 Å². The van der Waals surface area contributed by atoms with E-state index < -0.39 is 15.9 Å². The van der Waals surface area contributed by atoms with E-state index >= 15 is 0 Å². The van der Waals surface area contributed by atoms with Crippen molar-refractivity contribution in [3.63, 3.8) is 0 Å². The Kier molecular flexibility index (Phi) is 6.14. The van der Waals surface area contributed by atoms with Crippen LogP contribution < -0.4 is 5.32 Å². The topological polar surface area (TPSA) is 83.6 Å². The van der Waals surface area contributed by atoms with Gasteiger partial charge in [0.05, 0.1) is 5.56 Å². The third-order valence-electron chi connectivity index (χ3n) is 4.73. The molecule has 3 rings (SSSR count). The molecule has 0 atom stereocenters. The molecule has 0 spiro atoms. The van der Waals surface area contributed by atoms with Gasteiger partial charge in [-0.3, -0.25) is 9.59 Å². The summed E-state index contributed by atoms with van der Waals surface area (Å²) in [5.41, 5.74) is 2.13. The van der Waals surface area contributed by atoms with E-state index in [1.54, 1.807) is 12.1 Å². The Morgan fingerprint density at radius 1 is 1.04 bits per heavy atom. The summed E-state index contributed by atoms with van der Waals surface area (Å²) in [5, 5.41) is 2.81. The predicted octanol–water partition coefficient (Wildman–Crippen LogP) is 3.59. The SMILES string of the molecule is CCCCc1ccc(NC(=O)CCCN2C(=O)c3ccccc3S2(=O)=O)cc1. The van der Waals surface area contributed by atoms with Crippen LogP contribution in [-0.4, -0.2) is 31.1 Å². The third kappa shape index (κ3) is 4.25. The van der Waals surface area contributed by atoms with Gasteiger partial charge in [0.2, 0.25) is 5.91 Å². The van der Waals surface area contributed by atoms with Gasteiger partial charge in [-0.25, -0.2) is 12.7 Å². The first kappa shape index (κ1) is 20.1. The molecule has 0 saturated heterocycles. The van der Waals surface area contributed by atoms with E-state index in [-0.39, 0.29) is 35.8 Å². The first-order valence-electron chi connectivity index (χ1n) is 9.48. The zero-order chi connectivity index (χ0) is 20.1. The minimum absolute atomic E-state index is 0.0147. The van der Waals surface area contributed by atoms with E-state index in [9.17, 15) is 18.0 Å².